The van der Waals surface area contributed by atoms with Gasteiger partial charge < -0.3 is 32.8 Å². The van der Waals surface area contributed by atoms with E-state index in [-0.39, 0.29) is 49.7 Å². The van der Waals surface area contributed by atoms with Crippen molar-refractivity contribution in [3.63, 3.8) is 0 Å². The summed E-state index contributed by atoms with van der Waals surface area (Å²) in [5, 5.41) is -0.0531. The number of hydrogen-bond donors (Lipinski definition) is 0. The van der Waals surface area contributed by atoms with Gasteiger partial charge in [0.15, 0.2) is 14.6 Å². The van der Waals surface area contributed by atoms with Gasteiger partial charge in [-0.05, 0) is 47.2 Å². The molecule has 1 saturated heterocycles. The lowest BCUT2D eigenvalue weighted by atomic mass is 9.90. The number of rotatable bonds is 37. The normalized spacial score (nSPS) is 19.6. The first-order valence-corrected chi connectivity index (χ1v) is 31.0. The van der Waals surface area contributed by atoms with Crippen molar-refractivity contribution in [2.45, 2.75) is 200 Å². The number of benzene rings is 3. The molecule has 0 aliphatic carbocycles. The Kier molecular flexibility index (Phi) is 27.9. The topological polar surface area (TPSA) is 108 Å². The molecule has 0 saturated carbocycles. The Labute approximate surface area is 420 Å². The van der Waals surface area contributed by atoms with E-state index in [0.717, 1.165) is 29.5 Å². The van der Waals surface area contributed by atoms with Gasteiger partial charge in [-0.25, -0.2) is 0 Å². The van der Waals surface area contributed by atoms with Crippen molar-refractivity contribution in [3.05, 3.63) is 108 Å². The number of ether oxygens (including phenoxy) is 6. The first kappa shape index (κ1) is 59.1. The van der Waals surface area contributed by atoms with Crippen LogP contribution < -0.4 is 0 Å². The fourth-order valence-electron chi connectivity index (χ4n) is 8.33. The van der Waals surface area contributed by atoms with Crippen LogP contribution in [-0.2, 0) is 67.0 Å². The van der Waals surface area contributed by atoms with Crippen molar-refractivity contribution in [2.75, 3.05) is 38.8 Å². The minimum Gasteiger partial charge on any atom is -0.409 e. The zero-order chi connectivity index (χ0) is 49.8. The number of unbranched alkanes of at least 4 members (excludes halogenated alkanes) is 13. The van der Waals surface area contributed by atoms with E-state index in [9.17, 15) is 8.42 Å². The van der Waals surface area contributed by atoms with E-state index >= 15 is 0 Å². The van der Waals surface area contributed by atoms with Crippen LogP contribution in [0.1, 0.15) is 148 Å². The van der Waals surface area contributed by atoms with Gasteiger partial charge in [-0.2, -0.15) is 8.42 Å². The Hall–Kier alpha value is -2.49. The Balaban J connectivity index is 1.52. The maximum atomic E-state index is 14.0. The third-order valence-electron chi connectivity index (χ3n) is 13.4. The van der Waals surface area contributed by atoms with Crippen molar-refractivity contribution in [1.29, 1.82) is 0 Å². The van der Waals surface area contributed by atoms with Crippen LogP contribution in [0.3, 0.4) is 0 Å². The van der Waals surface area contributed by atoms with E-state index in [4.69, 9.17) is 37.0 Å². The van der Waals surface area contributed by atoms with Gasteiger partial charge in [0.1, 0.15) is 12.2 Å². The third kappa shape index (κ3) is 23.7. The minimum absolute atomic E-state index is 0.00867. The highest BCUT2D eigenvalue weighted by molar-refractivity contribution is 7.86. The second-order valence-electron chi connectivity index (χ2n) is 21.1. The lowest BCUT2D eigenvalue weighted by molar-refractivity contribution is -0.311. The molecule has 1 heterocycles. The molecule has 0 spiro atoms. The molecule has 0 aromatic heterocycles. The van der Waals surface area contributed by atoms with Gasteiger partial charge in [0, 0.05) is 12.5 Å². The molecule has 0 radical (unpaired) electrons. The summed E-state index contributed by atoms with van der Waals surface area (Å²) in [5.74, 6) is -1.13. The summed E-state index contributed by atoms with van der Waals surface area (Å²) in [7, 11) is -6.37. The molecule has 0 N–H and O–H groups in total. The van der Waals surface area contributed by atoms with Gasteiger partial charge in [0.2, 0.25) is 0 Å². The lowest BCUT2D eigenvalue weighted by Crippen LogP contribution is -2.60. The first-order valence-electron chi connectivity index (χ1n) is 26.5. The highest BCUT2D eigenvalue weighted by Crippen LogP contribution is 2.38. The molecule has 4 rings (SSSR count). The van der Waals surface area contributed by atoms with Crippen LogP contribution in [0.5, 0.6) is 0 Å². The first-order chi connectivity index (χ1) is 33.2. The highest BCUT2D eigenvalue weighted by atomic mass is 32.2. The molecule has 1 fully saturated rings. The molecular weight excluding hydrogens is 905 g/mol. The monoisotopic (exact) mass is 997 g/mol. The SMILES string of the molecule is CCCCCCCCCCCCCCCCOC[C@H](CO[C@@H]1O[C@H](COCc2ccccc2)[C@H](OCc2ccccc2)[C@H](CS(=O)(=O)OCC(C)C)[C@H]1OCc1ccccc1)O[Si](C)(C)C(C)(C)C. The Morgan fingerprint density at radius 1 is 0.594 bits per heavy atom. The largest absolute Gasteiger partial charge is 0.409 e. The molecule has 1 aliphatic heterocycles. The van der Waals surface area contributed by atoms with E-state index < -0.39 is 55.1 Å². The van der Waals surface area contributed by atoms with E-state index in [1.54, 1.807) is 0 Å². The van der Waals surface area contributed by atoms with Crippen LogP contribution >= 0.6 is 0 Å². The molecule has 69 heavy (non-hydrogen) atoms. The summed E-state index contributed by atoms with van der Waals surface area (Å²) in [6.07, 6.45) is 14.5. The quantitative estimate of drug-likeness (QED) is 0.0315. The fraction of sp³-hybridized carbons (Fsp3) is 0.684. The third-order valence-corrected chi connectivity index (χ3v) is 19.2. The molecule has 10 nitrogen and oxygen atoms in total. The van der Waals surface area contributed by atoms with E-state index in [1.165, 1.54) is 77.0 Å². The molecule has 3 aromatic carbocycles. The summed E-state index contributed by atoms with van der Waals surface area (Å²) in [6.45, 7) is 19.4. The molecule has 3 aromatic rings. The average Bonchev–Trinajstić information content (AvgIpc) is 3.32. The predicted octanol–water partition coefficient (Wildman–Crippen LogP) is 13.6. The molecule has 6 atom stereocenters. The van der Waals surface area contributed by atoms with Gasteiger partial charge in [0.05, 0.1) is 64.2 Å². The maximum Gasteiger partial charge on any atom is 0.267 e. The Morgan fingerprint density at radius 2 is 1.07 bits per heavy atom. The van der Waals surface area contributed by atoms with E-state index in [1.807, 2.05) is 105 Å². The van der Waals surface area contributed by atoms with E-state index in [2.05, 4.69) is 40.8 Å². The molecule has 390 valence electrons. The van der Waals surface area contributed by atoms with Crippen LogP contribution in [0.4, 0.5) is 0 Å². The molecule has 1 aliphatic rings. The van der Waals surface area contributed by atoms with Gasteiger partial charge in [-0.3, -0.25) is 4.18 Å². The summed E-state index contributed by atoms with van der Waals surface area (Å²) in [5.41, 5.74) is 2.88. The maximum absolute atomic E-state index is 14.0. The molecule has 0 bridgehead atoms. The second kappa shape index (κ2) is 32.6. The molecule has 0 amide bonds. The van der Waals surface area contributed by atoms with Gasteiger partial charge in [0.25, 0.3) is 10.1 Å². The highest BCUT2D eigenvalue weighted by Gasteiger charge is 2.50. The summed E-state index contributed by atoms with van der Waals surface area (Å²) >= 11 is 0. The number of hydrogen-bond acceptors (Lipinski definition) is 10. The van der Waals surface area contributed by atoms with Crippen LogP contribution in [0.25, 0.3) is 0 Å². The molecule has 12 heteroatoms. The van der Waals surface area contributed by atoms with Gasteiger partial charge in [-0.1, -0.05) is 216 Å². The van der Waals surface area contributed by atoms with Crippen LogP contribution in [0.15, 0.2) is 91.0 Å². The second-order valence-corrected chi connectivity index (χ2v) is 27.6. The smallest absolute Gasteiger partial charge is 0.267 e. The van der Waals surface area contributed by atoms with E-state index in [0.29, 0.717) is 19.8 Å². The average molecular weight is 998 g/mol. The molecular formula is C57H92O10SSi. The Bertz CT molecular complexity index is 1840. The van der Waals surface area contributed by atoms with Crippen molar-refractivity contribution in [2.24, 2.45) is 11.8 Å². The van der Waals surface area contributed by atoms with Gasteiger partial charge >= 0.3 is 0 Å². The summed E-state index contributed by atoms with van der Waals surface area (Å²) in [6, 6.07) is 29.6. The zero-order valence-corrected chi connectivity index (χ0v) is 45.8. The van der Waals surface area contributed by atoms with Crippen molar-refractivity contribution in [1.82, 2.24) is 0 Å². The Morgan fingerprint density at radius 3 is 1.57 bits per heavy atom. The molecule has 0 unspecified atom stereocenters. The van der Waals surface area contributed by atoms with Crippen molar-refractivity contribution >= 4 is 18.4 Å². The lowest BCUT2D eigenvalue weighted by Gasteiger charge is -2.46. The standard InChI is InChI=1S/C57H92O10SSi/c1-9-10-11-12-13-14-15-16-17-18-19-20-21-31-38-60-43-51(67-69(7,8)57(4,5)6)44-64-56-55(63-42-50-36-29-24-30-37-50)52(46-68(58,59)65-39-47(2)3)54(62-41-49-34-27-23-28-35-49)53(66-56)45-61-40-48-32-25-22-26-33-48/h22-30,32-37,47,51-56H,9-21,31,38-46H2,1-8H3/t51-,52+,53-,54-,55-,56-/m1/s1. The van der Waals surface area contributed by atoms with Crippen LogP contribution in [0.2, 0.25) is 18.1 Å². The van der Waals surface area contributed by atoms with Crippen molar-refractivity contribution < 1.29 is 45.4 Å². The summed E-state index contributed by atoms with van der Waals surface area (Å²) < 4.78 is 80.8. The predicted molar refractivity (Wildman–Crippen MR) is 282 cm³/mol. The minimum atomic E-state index is -4.07. The van der Waals surface area contributed by atoms with Crippen LogP contribution in [0, 0.1) is 11.8 Å². The zero-order valence-electron chi connectivity index (χ0n) is 44.0. The van der Waals surface area contributed by atoms with Crippen molar-refractivity contribution in [3.8, 4) is 0 Å². The summed E-state index contributed by atoms with van der Waals surface area (Å²) in [4.78, 5) is 0. The van der Waals surface area contributed by atoms with Gasteiger partial charge in [-0.15, -0.1) is 0 Å². The van der Waals surface area contributed by atoms with Crippen LogP contribution in [-0.4, -0.2) is 86.2 Å². The fourth-order valence-corrected chi connectivity index (χ4v) is 11.1.